The van der Waals surface area contributed by atoms with E-state index in [-0.39, 0.29) is 0 Å². The Kier molecular flexibility index (Phi) is 3.30. The van der Waals surface area contributed by atoms with Crippen LogP contribution >= 0.6 is 50.5 Å². The summed E-state index contributed by atoms with van der Waals surface area (Å²) in [5.74, 6) is 0.553. The summed E-state index contributed by atoms with van der Waals surface area (Å²) in [5, 5.41) is 2.63. The van der Waals surface area contributed by atoms with Crippen molar-refractivity contribution in [3.05, 3.63) is 31.1 Å². The Morgan fingerprint density at radius 3 is 2.33 bits per heavy atom. The van der Waals surface area contributed by atoms with E-state index in [1.165, 1.54) is 4.88 Å². The monoisotopic (exact) mass is 322 g/mol. The number of nitrogens with zero attached hydrogens (tertiary/aromatic N) is 2. The van der Waals surface area contributed by atoms with Crippen molar-refractivity contribution >= 4 is 50.5 Å². The fourth-order valence-corrected chi connectivity index (χ4v) is 2.33. The Morgan fingerprint density at radius 1 is 1.27 bits per heavy atom. The van der Waals surface area contributed by atoms with Gasteiger partial charge < -0.3 is 0 Å². The summed E-state index contributed by atoms with van der Waals surface area (Å²) in [5.41, 5.74) is 0.939. The van der Waals surface area contributed by atoms with Crippen LogP contribution in [-0.4, -0.2) is 9.97 Å². The molecule has 0 aliphatic heterocycles. The summed E-state index contributed by atoms with van der Waals surface area (Å²) in [7, 11) is 0. The topological polar surface area (TPSA) is 25.8 Å². The molecule has 2 heterocycles. The zero-order valence-corrected chi connectivity index (χ0v) is 11.5. The number of aryl methyl sites for hydroxylation is 1. The highest BCUT2D eigenvalue weighted by molar-refractivity contribution is 9.10. The number of aromatic nitrogens is 2. The number of thiophene rings is 1. The maximum Gasteiger partial charge on any atom is 0.163 e. The van der Waals surface area contributed by atoms with Crippen molar-refractivity contribution < 1.29 is 0 Å². The van der Waals surface area contributed by atoms with E-state index >= 15 is 0 Å². The van der Waals surface area contributed by atoms with Crippen molar-refractivity contribution in [1.82, 2.24) is 9.97 Å². The van der Waals surface area contributed by atoms with Crippen LogP contribution in [-0.2, 0) is 0 Å². The lowest BCUT2D eigenvalue weighted by Gasteiger charge is -2.01. The molecular weight excluding hydrogens is 319 g/mol. The first-order valence-corrected chi connectivity index (χ1v) is 6.45. The molecule has 0 saturated heterocycles. The van der Waals surface area contributed by atoms with Gasteiger partial charge in [-0.15, -0.1) is 11.3 Å². The highest BCUT2D eigenvalue weighted by Crippen LogP contribution is 2.31. The molecule has 0 aliphatic carbocycles. The maximum absolute atomic E-state index is 5.90. The van der Waals surface area contributed by atoms with Gasteiger partial charge in [-0.2, -0.15) is 0 Å². The molecule has 78 valence electrons. The predicted molar refractivity (Wildman–Crippen MR) is 67.8 cm³/mol. The normalized spacial score (nSPS) is 10.7. The van der Waals surface area contributed by atoms with E-state index in [0.717, 1.165) is 5.56 Å². The summed E-state index contributed by atoms with van der Waals surface area (Å²) >= 11 is 16.6. The third-order valence-electron chi connectivity index (χ3n) is 1.76. The minimum atomic E-state index is 0.328. The van der Waals surface area contributed by atoms with E-state index in [2.05, 4.69) is 25.9 Å². The van der Waals surface area contributed by atoms with E-state index in [1.54, 1.807) is 11.3 Å². The Morgan fingerprint density at radius 2 is 1.87 bits per heavy atom. The molecule has 0 spiro atoms. The van der Waals surface area contributed by atoms with Crippen LogP contribution in [0.4, 0.5) is 0 Å². The maximum atomic E-state index is 5.90. The molecule has 0 bridgehead atoms. The summed E-state index contributed by atoms with van der Waals surface area (Å²) in [6, 6.07) is 2.00. The molecule has 0 aliphatic rings. The lowest BCUT2D eigenvalue weighted by molar-refractivity contribution is 1.16. The second-order valence-electron chi connectivity index (χ2n) is 2.89. The fourth-order valence-electron chi connectivity index (χ4n) is 1.08. The summed E-state index contributed by atoms with van der Waals surface area (Å²) in [6.07, 6.45) is 0. The molecule has 6 heteroatoms. The highest BCUT2D eigenvalue weighted by Gasteiger charge is 2.11. The van der Waals surface area contributed by atoms with Gasteiger partial charge in [0.05, 0.1) is 4.47 Å². The molecule has 0 aromatic carbocycles. The third kappa shape index (κ3) is 2.33. The molecule has 2 aromatic heterocycles. The largest absolute Gasteiger partial charge is 0.215 e. The van der Waals surface area contributed by atoms with E-state index < -0.39 is 0 Å². The van der Waals surface area contributed by atoms with Crippen molar-refractivity contribution in [2.45, 2.75) is 6.92 Å². The standard InChI is InChI=1S/C9H5BrCl2N2S/c1-4-2-5(3-15-4)9-13-7(11)6(10)8(12)14-9/h2-3H,1H3. The van der Waals surface area contributed by atoms with Crippen LogP contribution in [0.15, 0.2) is 15.9 Å². The summed E-state index contributed by atoms with van der Waals surface area (Å²) in [4.78, 5) is 9.49. The Labute approximate surface area is 109 Å². The molecule has 2 aromatic rings. The van der Waals surface area contributed by atoms with Gasteiger partial charge >= 0.3 is 0 Å². The second-order valence-corrected chi connectivity index (χ2v) is 5.51. The van der Waals surface area contributed by atoms with E-state index in [4.69, 9.17) is 23.2 Å². The van der Waals surface area contributed by atoms with Crippen molar-refractivity contribution in [3.63, 3.8) is 0 Å². The number of halogens is 3. The molecule has 15 heavy (non-hydrogen) atoms. The SMILES string of the molecule is Cc1cc(-c2nc(Cl)c(Br)c(Cl)n2)cs1. The van der Waals surface area contributed by atoms with E-state index in [0.29, 0.717) is 20.6 Å². The van der Waals surface area contributed by atoms with Crippen molar-refractivity contribution in [2.24, 2.45) is 0 Å². The van der Waals surface area contributed by atoms with Gasteiger partial charge in [0, 0.05) is 15.8 Å². The van der Waals surface area contributed by atoms with Crippen LogP contribution in [0.2, 0.25) is 10.3 Å². The van der Waals surface area contributed by atoms with Crippen LogP contribution in [0.25, 0.3) is 11.4 Å². The predicted octanol–water partition coefficient (Wildman–Crippen LogP) is 4.58. The van der Waals surface area contributed by atoms with Gasteiger partial charge in [0.15, 0.2) is 5.82 Å². The highest BCUT2D eigenvalue weighted by atomic mass is 79.9. The molecule has 0 fully saturated rings. The van der Waals surface area contributed by atoms with Gasteiger partial charge in [-0.25, -0.2) is 9.97 Å². The van der Waals surface area contributed by atoms with Crippen molar-refractivity contribution in [1.29, 1.82) is 0 Å². The van der Waals surface area contributed by atoms with Crippen LogP contribution in [0.3, 0.4) is 0 Å². The lowest BCUT2D eigenvalue weighted by Crippen LogP contribution is -1.90. The van der Waals surface area contributed by atoms with Gasteiger partial charge in [-0.3, -0.25) is 0 Å². The quantitative estimate of drug-likeness (QED) is 0.718. The third-order valence-corrected chi connectivity index (χ3v) is 4.38. The van der Waals surface area contributed by atoms with Crippen LogP contribution in [0.1, 0.15) is 4.88 Å². The minimum absolute atomic E-state index is 0.328. The van der Waals surface area contributed by atoms with Crippen molar-refractivity contribution in [3.8, 4) is 11.4 Å². The van der Waals surface area contributed by atoms with Crippen LogP contribution in [0.5, 0.6) is 0 Å². The molecule has 0 amide bonds. The fraction of sp³-hybridized carbons (Fsp3) is 0.111. The molecule has 0 N–H and O–H groups in total. The van der Waals surface area contributed by atoms with Gasteiger partial charge in [0.25, 0.3) is 0 Å². The van der Waals surface area contributed by atoms with Gasteiger partial charge in [0.2, 0.25) is 0 Å². The molecule has 2 rings (SSSR count). The summed E-state index contributed by atoms with van der Waals surface area (Å²) in [6.45, 7) is 2.02. The van der Waals surface area contributed by atoms with Crippen molar-refractivity contribution in [2.75, 3.05) is 0 Å². The number of hydrogen-bond acceptors (Lipinski definition) is 3. The smallest absolute Gasteiger partial charge is 0.163 e. The van der Waals surface area contributed by atoms with Crippen LogP contribution < -0.4 is 0 Å². The lowest BCUT2D eigenvalue weighted by atomic mass is 10.3. The number of hydrogen-bond donors (Lipinski definition) is 0. The first-order valence-electron chi connectivity index (χ1n) is 4.02. The first kappa shape index (κ1) is 11.3. The average molecular weight is 324 g/mol. The average Bonchev–Trinajstić information content (AvgIpc) is 2.60. The van der Waals surface area contributed by atoms with E-state index in [1.807, 2.05) is 18.4 Å². The van der Waals surface area contributed by atoms with Gasteiger partial charge in [0.1, 0.15) is 10.3 Å². The molecule has 0 unspecified atom stereocenters. The molecule has 0 atom stereocenters. The Balaban J connectivity index is 2.55. The Hall–Kier alpha value is -0.160. The Bertz CT molecular complexity index is 490. The van der Waals surface area contributed by atoms with E-state index in [9.17, 15) is 0 Å². The molecule has 0 saturated carbocycles. The molecule has 2 nitrogen and oxygen atoms in total. The zero-order valence-electron chi connectivity index (χ0n) is 7.59. The molecular formula is C9H5BrCl2N2S. The molecule has 0 radical (unpaired) electrons. The minimum Gasteiger partial charge on any atom is -0.215 e. The summed E-state index contributed by atoms with van der Waals surface area (Å²) < 4.78 is 0.529. The van der Waals surface area contributed by atoms with Gasteiger partial charge in [-0.1, -0.05) is 23.2 Å². The van der Waals surface area contributed by atoms with Crippen LogP contribution in [0, 0.1) is 6.92 Å². The number of rotatable bonds is 1. The zero-order chi connectivity index (χ0) is 11.0. The van der Waals surface area contributed by atoms with Gasteiger partial charge in [-0.05, 0) is 28.9 Å². The second kappa shape index (κ2) is 4.37. The first-order chi connectivity index (χ1) is 7.08.